The van der Waals surface area contributed by atoms with E-state index in [2.05, 4.69) is 36.7 Å². The van der Waals surface area contributed by atoms with E-state index in [0.717, 1.165) is 25.2 Å². The molecule has 1 rings (SSSR count). The van der Waals surface area contributed by atoms with Gasteiger partial charge < -0.3 is 5.73 Å². The van der Waals surface area contributed by atoms with Gasteiger partial charge in [0.1, 0.15) is 0 Å². The molecule has 0 bridgehead atoms. The molecule has 0 fully saturated rings. The van der Waals surface area contributed by atoms with Crippen LogP contribution in [-0.4, -0.2) is 28.5 Å². The molecule has 90 valence electrons. The molecule has 1 atom stereocenters. The Hall–Kier alpha value is -0.930. The highest BCUT2D eigenvalue weighted by molar-refractivity contribution is 5.04. The van der Waals surface area contributed by atoms with Crippen molar-refractivity contribution in [2.45, 2.75) is 39.3 Å². The summed E-state index contributed by atoms with van der Waals surface area (Å²) in [6, 6.07) is 6.04. The molecule has 0 aliphatic carbocycles. The fourth-order valence-electron chi connectivity index (χ4n) is 1.87. The molecule has 0 spiro atoms. The normalized spacial score (nSPS) is 15.1. The lowest BCUT2D eigenvalue weighted by atomic mass is 9.96. The lowest BCUT2D eigenvalue weighted by molar-refractivity contribution is 0.103. The van der Waals surface area contributed by atoms with E-state index in [1.165, 1.54) is 0 Å². The maximum Gasteiger partial charge on any atom is 0.0544 e. The molecule has 0 saturated carbocycles. The van der Waals surface area contributed by atoms with Gasteiger partial charge in [-0.3, -0.25) is 9.88 Å². The van der Waals surface area contributed by atoms with Gasteiger partial charge in [0.2, 0.25) is 0 Å². The first kappa shape index (κ1) is 13.1. The Labute approximate surface area is 98.7 Å². The number of rotatable bonds is 6. The second-order valence-electron chi connectivity index (χ2n) is 4.39. The van der Waals surface area contributed by atoms with Gasteiger partial charge in [-0.25, -0.2) is 0 Å². The highest BCUT2D eigenvalue weighted by atomic mass is 15.2. The van der Waals surface area contributed by atoms with Crippen LogP contribution in [0.1, 0.15) is 32.9 Å². The van der Waals surface area contributed by atoms with Crippen LogP contribution in [0.15, 0.2) is 24.4 Å². The van der Waals surface area contributed by atoms with E-state index in [9.17, 15) is 0 Å². The third-order valence-electron chi connectivity index (χ3n) is 3.43. The van der Waals surface area contributed by atoms with E-state index in [4.69, 9.17) is 5.73 Å². The molecule has 16 heavy (non-hydrogen) atoms. The molecule has 0 aliphatic rings. The van der Waals surface area contributed by atoms with Gasteiger partial charge in [-0.2, -0.15) is 0 Å². The number of pyridine rings is 1. The zero-order valence-corrected chi connectivity index (χ0v) is 10.6. The summed E-state index contributed by atoms with van der Waals surface area (Å²) in [6.45, 7) is 9.14. The Bertz CT molecular complexity index is 293. The lowest BCUT2D eigenvalue weighted by Gasteiger charge is -2.39. The minimum absolute atomic E-state index is 0.0757. The Kier molecular flexibility index (Phi) is 4.90. The van der Waals surface area contributed by atoms with Crippen molar-refractivity contribution < 1.29 is 0 Å². The maximum atomic E-state index is 5.89. The molecule has 0 radical (unpaired) electrons. The lowest BCUT2D eigenvalue weighted by Crippen LogP contribution is -2.50. The second kappa shape index (κ2) is 5.97. The molecule has 0 amide bonds. The number of likely N-dealkylation sites (N-methyl/N-ethyl adjacent to an activating group) is 1. The first-order valence-electron chi connectivity index (χ1n) is 6.01. The van der Waals surface area contributed by atoms with Crippen LogP contribution in [0.25, 0.3) is 0 Å². The Morgan fingerprint density at radius 2 is 2.12 bits per heavy atom. The van der Waals surface area contributed by atoms with Gasteiger partial charge >= 0.3 is 0 Å². The highest BCUT2D eigenvalue weighted by Crippen LogP contribution is 2.19. The zero-order chi connectivity index (χ0) is 12.0. The molecule has 1 aromatic heterocycles. The summed E-state index contributed by atoms with van der Waals surface area (Å²) in [5.41, 5.74) is 7.07. The highest BCUT2D eigenvalue weighted by Gasteiger charge is 2.27. The zero-order valence-electron chi connectivity index (χ0n) is 10.6. The fraction of sp³-hybridized carbons (Fsp3) is 0.615. The minimum atomic E-state index is 0.0757. The van der Waals surface area contributed by atoms with E-state index in [1.54, 1.807) is 0 Å². The van der Waals surface area contributed by atoms with Gasteiger partial charge in [0.05, 0.1) is 5.69 Å². The molecule has 1 heterocycles. The molecule has 1 aromatic rings. The van der Waals surface area contributed by atoms with Crippen molar-refractivity contribution in [3.63, 3.8) is 0 Å². The molecule has 3 nitrogen and oxygen atoms in total. The van der Waals surface area contributed by atoms with Crippen LogP contribution in [0.5, 0.6) is 0 Å². The summed E-state index contributed by atoms with van der Waals surface area (Å²) in [5.74, 6) is 0. The predicted octanol–water partition coefficient (Wildman–Crippen LogP) is 2.03. The van der Waals surface area contributed by atoms with E-state index >= 15 is 0 Å². The van der Waals surface area contributed by atoms with E-state index in [-0.39, 0.29) is 5.54 Å². The molecular formula is C13H23N3. The van der Waals surface area contributed by atoms with Gasteiger partial charge in [0.25, 0.3) is 0 Å². The van der Waals surface area contributed by atoms with Crippen LogP contribution in [-0.2, 0) is 6.54 Å². The molecule has 0 saturated heterocycles. The number of nitrogens with two attached hydrogens (primary N) is 1. The minimum Gasteiger partial charge on any atom is -0.329 e. The quantitative estimate of drug-likeness (QED) is 0.799. The molecule has 3 heteroatoms. The molecule has 0 aliphatic heterocycles. The third-order valence-corrected chi connectivity index (χ3v) is 3.43. The van der Waals surface area contributed by atoms with Crippen molar-refractivity contribution in [1.29, 1.82) is 0 Å². The average Bonchev–Trinajstić information content (AvgIpc) is 2.36. The van der Waals surface area contributed by atoms with Crippen molar-refractivity contribution in [2.75, 3.05) is 13.1 Å². The molecule has 1 unspecified atom stereocenters. The summed E-state index contributed by atoms with van der Waals surface area (Å²) >= 11 is 0. The van der Waals surface area contributed by atoms with Gasteiger partial charge in [0.15, 0.2) is 0 Å². The monoisotopic (exact) mass is 221 g/mol. The van der Waals surface area contributed by atoms with Crippen LogP contribution in [0.2, 0.25) is 0 Å². The van der Waals surface area contributed by atoms with Gasteiger partial charge in [0, 0.05) is 24.8 Å². The smallest absolute Gasteiger partial charge is 0.0544 e. The molecular weight excluding hydrogens is 198 g/mol. The average molecular weight is 221 g/mol. The third kappa shape index (κ3) is 3.03. The van der Waals surface area contributed by atoms with E-state index < -0.39 is 0 Å². The maximum absolute atomic E-state index is 5.89. The van der Waals surface area contributed by atoms with Crippen molar-refractivity contribution in [1.82, 2.24) is 9.88 Å². The molecule has 0 aromatic carbocycles. The van der Waals surface area contributed by atoms with Crippen LogP contribution in [0.4, 0.5) is 0 Å². The summed E-state index contributed by atoms with van der Waals surface area (Å²) in [7, 11) is 0. The SMILES string of the molecule is CCN(Cc1ccccn1)C(C)(CC)CN. The van der Waals surface area contributed by atoms with Crippen molar-refractivity contribution >= 4 is 0 Å². The summed E-state index contributed by atoms with van der Waals surface area (Å²) in [5, 5.41) is 0. The first-order chi connectivity index (χ1) is 7.66. The van der Waals surface area contributed by atoms with E-state index in [0.29, 0.717) is 6.54 Å². The van der Waals surface area contributed by atoms with Gasteiger partial charge in [-0.05, 0) is 32.0 Å². The summed E-state index contributed by atoms with van der Waals surface area (Å²) in [4.78, 5) is 6.76. The predicted molar refractivity (Wildman–Crippen MR) is 68.1 cm³/mol. The Balaban J connectivity index is 2.76. The fourth-order valence-corrected chi connectivity index (χ4v) is 1.87. The number of nitrogens with zero attached hydrogens (tertiary/aromatic N) is 2. The number of aromatic nitrogens is 1. The standard InChI is InChI=1S/C13H23N3/c1-4-13(3,11-14)16(5-2)10-12-8-6-7-9-15-12/h6-9H,4-5,10-11,14H2,1-3H3. The van der Waals surface area contributed by atoms with E-state index in [1.807, 2.05) is 18.3 Å². The molecule has 2 N–H and O–H groups in total. The second-order valence-corrected chi connectivity index (χ2v) is 4.39. The Morgan fingerprint density at radius 3 is 2.56 bits per heavy atom. The largest absolute Gasteiger partial charge is 0.329 e. The first-order valence-corrected chi connectivity index (χ1v) is 6.01. The number of hydrogen-bond donors (Lipinski definition) is 1. The van der Waals surface area contributed by atoms with Gasteiger partial charge in [-0.15, -0.1) is 0 Å². The van der Waals surface area contributed by atoms with Crippen LogP contribution in [0, 0.1) is 0 Å². The van der Waals surface area contributed by atoms with Crippen molar-refractivity contribution in [2.24, 2.45) is 5.73 Å². The van der Waals surface area contributed by atoms with Gasteiger partial charge in [-0.1, -0.05) is 19.9 Å². The van der Waals surface area contributed by atoms with Crippen LogP contribution in [0.3, 0.4) is 0 Å². The number of hydrogen-bond acceptors (Lipinski definition) is 3. The van der Waals surface area contributed by atoms with Crippen LogP contribution < -0.4 is 5.73 Å². The van der Waals surface area contributed by atoms with Crippen LogP contribution >= 0.6 is 0 Å². The van der Waals surface area contributed by atoms with Crippen molar-refractivity contribution in [3.8, 4) is 0 Å². The summed E-state index contributed by atoms with van der Waals surface area (Å²) in [6.07, 6.45) is 2.90. The summed E-state index contributed by atoms with van der Waals surface area (Å²) < 4.78 is 0. The topological polar surface area (TPSA) is 42.2 Å². The van der Waals surface area contributed by atoms with Crippen molar-refractivity contribution in [3.05, 3.63) is 30.1 Å². The Morgan fingerprint density at radius 1 is 1.38 bits per heavy atom.